The van der Waals surface area contributed by atoms with E-state index >= 15 is 0 Å². The number of halogens is 1. The Bertz CT molecular complexity index is 1250. The maximum atomic E-state index is 13.3. The summed E-state index contributed by atoms with van der Waals surface area (Å²) in [5.41, 5.74) is 1.50. The summed E-state index contributed by atoms with van der Waals surface area (Å²) in [7, 11) is 0. The van der Waals surface area contributed by atoms with Gasteiger partial charge in [0.25, 0.3) is 5.91 Å². The summed E-state index contributed by atoms with van der Waals surface area (Å²) in [4.78, 5) is 41.8. The zero-order valence-corrected chi connectivity index (χ0v) is 17.9. The van der Waals surface area contributed by atoms with Crippen molar-refractivity contribution in [3.63, 3.8) is 0 Å². The molecule has 1 N–H and O–H groups in total. The Morgan fingerprint density at radius 2 is 1.74 bits per heavy atom. The van der Waals surface area contributed by atoms with E-state index in [1.54, 1.807) is 48.5 Å². The van der Waals surface area contributed by atoms with Gasteiger partial charge in [0.05, 0.1) is 12.1 Å². The van der Waals surface area contributed by atoms with Crippen molar-refractivity contribution in [2.24, 2.45) is 0 Å². The first-order valence-electron chi connectivity index (χ1n) is 10.6. The van der Waals surface area contributed by atoms with Crippen molar-refractivity contribution in [1.82, 2.24) is 4.90 Å². The Kier molecular flexibility index (Phi) is 5.59. The average molecular weight is 461 g/mol. The molecule has 2 aliphatic rings. The minimum Gasteiger partial charge on any atom is -0.454 e. The first-order valence-corrected chi connectivity index (χ1v) is 10.6. The van der Waals surface area contributed by atoms with Crippen molar-refractivity contribution < 1.29 is 28.2 Å². The zero-order valence-electron chi connectivity index (χ0n) is 17.9. The number of amides is 4. The van der Waals surface area contributed by atoms with E-state index in [1.807, 2.05) is 0 Å². The molecule has 0 unspecified atom stereocenters. The Labute approximate surface area is 194 Å². The molecule has 0 aromatic heterocycles. The number of nitrogens with one attached hydrogen (secondary N) is 1. The Balaban J connectivity index is 1.44. The third-order valence-corrected chi connectivity index (χ3v) is 5.66. The molecule has 5 rings (SSSR count). The zero-order chi connectivity index (χ0) is 23.7. The van der Waals surface area contributed by atoms with Gasteiger partial charge in [-0.1, -0.05) is 24.3 Å². The lowest BCUT2D eigenvalue weighted by atomic mass is 10.1. The highest BCUT2D eigenvalue weighted by molar-refractivity contribution is 6.23. The minimum atomic E-state index is -1.02. The smallest absolute Gasteiger partial charge is 0.322 e. The first-order chi connectivity index (χ1) is 16.5. The lowest BCUT2D eigenvalue weighted by Gasteiger charge is -2.28. The molecule has 2 heterocycles. The van der Waals surface area contributed by atoms with Gasteiger partial charge in [0.2, 0.25) is 12.7 Å². The van der Waals surface area contributed by atoms with Gasteiger partial charge < -0.3 is 19.7 Å². The van der Waals surface area contributed by atoms with Gasteiger partial charge in [-0.15, -0.1) is 0 Å². The second-order valence-electron chi connectivity index (χ2n) is 7.88. The molecule has 0 spiro atoms. The lowest BCUT2D eigenvalue weighted by Crippen LogP contribution is -2.46. The molecule has 1 atom stereocenters. The SMILES string of the molecule is O=C1C[C@@H](N(Cc2ccc3c(c2)OCO3)C(=O)Nc2ccc(F)cc2)C(=O)N1c1ccccc1. The van der Waals surface area contributed by atoms with Crippen LogP contribution < -0.4 is 19.7 Å². The fraction of sp³-hybridized carbons (Fsp3) is 0.160. The van der Waals surface area contributed by atoms with Crippen LogP contribution in [0.3, 0.4) is 0 Å². The highest BCUT2D eigenvalue weighted by Gasteiger charge is 2.44. The monoisotopic (exact) mass is 461 g/mol. The fourth-order valence-corrected chi connectivity index (χ4v) is 4.00. The van der Waals surface area contributed by atoms with Gasteiger partial charge in [-0.2, -0.15) is 0 Å². The van der Waals surface area contributed by atoms with E-state index in [1.165, 1.54) is 29.2 Å². The lowest BCUT2D eigenvalue weighted by molar-refractivity contribution is -0.122. The number of carbonyl (C=O) groups is 3. The third kappa shape index (κ3) is 4.15. The standard InChI is InChI=1S/C25H20FN3O5/c26-17-7-9-18(10-8-17)27-25(32)28(14-16-6-11-21-22(12-16)34-15-33-21)20-13-23(30)29(24(20)31)19-4-2-1-3-5-19/h1-12,20H,13-15H2,(H,27,32)/t20-/m1/s1. The Morgan fingerprint density at radius 1 is 1.00 bits per heavy atom. The van der Waals surface area contributed by atoms with Crippen molar-refractivity contribution in [1.29, 1.82) is 0 Å². The molecule has 9 heteroatoms. The highest BCUT2D eigenvalue weighted by atomic mass is 19.1. The van der Waals surface area contributed by atoms with Crippen molar-refractivity contribution in [2.45, 2.75) is 19.0 Å². The van der Waals surface area contributed by atoms with Crippen LogP contribution in [0.15, 0.2) is 72.8 Å². The summed E-state index contributed by atoms with van der Waals surface area (Å²) in [6, 6.07) is 17.5. The molecular weight excluding hydrogens is 441 g/mol. The van der Waals surface area contributed by atoms with Gasteiger partial charge in [0.15, 0.2) is 11.5 Å². The van der Waals surface area contributed by atoms with Crippen LogP contribution in [0.4, 0.5) is 20.6 Å². The first kappa shape index (κ1) is 21.4. The molecular formula is C25H20FN3O5. The summed E-state index contributed by atoms with van der Waals surface area (Å²) in [5, 5.41) is 2.69. The van der Waals surface area contributed by atoms with Crippen LogP contribution in [-0.4, -0.2) is 35.6 Å². The summed E-state index contributed by atoms with van der Waals surface area (Å²) >= 11 is 0. The average Bonchev–Trinajstić information content (AvgIpc) is 3.42. The molecule has 0 radical (unpaired) electrons. The molecule has 1 saturated heterocycles. The van der Waals surface area contributed by atoms with Gasteiger partial charge in [-0.3, -0.25) is 9.59 Å². The van der Waals surface area contributed by atoms with E-state index < -0.39 is 29.7 Å². The molecule has 2 aliphatic heterocycles. The quantitative estimate of drug-likeness (QED) is 0.582. The number of hydrogen-bond acceptors (Lipinski definition) is 5. The van der Waals surface area contributed by atoms with E-state index in [-0.39, 0.29) is 19.8 Å². The van der Waals surface area contributed by atoms with Crippen LogP contribution >= 0.6 is 0 Å². The highest BCUT2D eigenvalue weighted by Crippen LogP contribution is 2.34. The molecule has 172 valence electrons. The number of urea groups is 1. The topological polar surface area (TPSA) is 88.2 Å². The van der Waals surface area contributed by atoms with Gasteiger partial charge in [0.1, 0.15) is 11.9 Å². The Hall–Kier alpha value is -4.40. The summed E-state index contributed by atoms with van der Waals surface area (Å²) in [5.74, 6) is -0.201. The van der Waals surface area contributed by atoms with Crippen LogP contribution in [0.25, 0.3) is 0 Å². The van der Waals surface area contributed by atoms with E-state index in [4.69, 9.17) is 9.47 Å². The fourth-order valence-electron chi connectivity index (χ4n) is 4.00. The number of anilines is 2. The molecule has 0 saturated carbocycles. The number of carbonyl (C=O) groups excluding carboxylic acids is 3. The van der Waals surface area contributed by atoms with E-state index in [2.05, 4.69) is 5.32 Å². The number of nitrogens with zero attached hydrogens (tertiary/aromatic N) is 2. The predicted molar refractivity (Wildman–Crippen MR) is 121 cm³/mol. The van der Waals surface area contributed by atoms with E-state index in [0.717, 1.165) is 4.90 Å². The molecule has 4 amide bonds. The molecule has 8 nitrogen and oxygen atoms in total. The molecule has 34 heavy (non-hydrogen) atoms. The van der Waals surface area contributed by atoms with Crippen molar-refractivity contribution >= 4 is 29.2 Å². The van der Waals surface area contributed by atoms with Crippen molar-refractivity contribution in [3.05, 3.63) is 84.2 Å². The molecule has 1 fully saturated rings. The number of fused-ring (bicyclic) bond motifs is 1. The molecule has 0 aliphatic carbocycles. The largest absolute Gasteiger partial charge is 0.454 e. The Morgan fingerprint density at radius 3 is 2.50 bits per heavy atom. The predicted octanol–water partition coefficient (Wildman–Crippen LogP) is 3.92. The maximum absolute atomic E-state index is 13.3. The van der Waals surface area contributed by atoms with E-state index in [9.17, 15) is 18.8 Å². The van der Waals surface area contributed by atoms with Crippen molar-refractivity contribution in [2.75, 3.05) is 17.0 Å². The molecule has 3 aromatic carbocycles. The maximum Gasteiger partial charge on any atom is 0.322 e. The van der Waals surface area contributed by atoms with E-state index in [0.29, 0.717) is 28.4 Å². The van der Waals surface area contributed by atoms with Crippen LogP contribution in [0, 0.1) is 5.82 Å². The van der Waals surface area contributed by atoms with Gasteiger partial charge in [-0.05, 0) is 54.1 Å². The van der Waals surface area contributed by atoms with Gasteiger partial charge >= 0.3 is 6.03 Å². The van der Waals surface area contributed by atoms with Crippen LogP contribution in [0.5, 0.6) is 11.5 Å². The molecule has 0 bridgehead atoms. The second kappa shape index (κ2) is 8.86. The van der Waals surface area contributed by atoms with Gasteiger partial charge in [0, 0.05) is 12.2 Å². The number of para-hydroxylation sites is 1. The summed E-state index contributed by atoms with van der Waals surface area (Å²) < 4.78 is 24.0. The number of ether oxygens (including phenoxy) is 2. The van der Waals surface area contributed by atoms with Crippen LogP contribution in [0.2, 0.25) is 0 Å². The summed E-state index contributed by atoms with van der Waals surface area (Å²) in [6.07, 6.45) is -0.158. The number of rotatable bonds is 5. The van der Waals surface area contributed by atoms with Crippen LogP contribution in [0.1, 0.15) is 12.0 Å². The number of hydrogen-bond donors (Lipinski definition) is 1. The summed E-state index contributed by atoms with van der Waals surface area (Å²) in [6.45, 7) is 0.144. The normalized spacial score (nSPS) is 16.6. The second-order valence-corrected chi connectivity index (χ2v) is 7.88. The van der Waals surface area contributed by atoms with Crippen molar-refractivity contribution in [3.8, 4) is 11.5 Å². The third-order valence-electron chi connectivity index (χ3n) is 5.66. The molecule has 3 aromatic rings. The van der Waals surface area contributed by atoms with Gasteiger partial charge in [-0.25, -0.2) is 14.1 Å². The minimum absolute atomic E-state index is 0.0377. The van der Waals surface area contributed by atoms with Crippen LogP contribution in [-0.2, 0) is 16.1 Å². The number of imide groups is 1. The number of benzene rings is 3.